The molecule has 8 nitrogen and oxygen atoms in total. The molecule has 286 valence electrons. The van der Waals surface area contributed by atoms with Crippen molar-refractivity contribution >= 4 is 44.0 Å². The molecule has 0 fully saturated rings. The molecule has 0 saturated heterocycles. The molecule has 2 rings (SSSR count). The molecule has 10 heteroatoms. The first-order valence-electron chi connectivity index (χ1n) is 18.4. The van der Waals surface area contributed by atoms with Gasteiger partial charge in [0.1, 0.15) is 11.5 Å². The van der Waals surface area contributed by atoms with E-state index in [-0.39, 0.29) is 12.2 Å². The van der Waals surface area contributed by atoms with E-state index < -0.39 is 0 Å². The van der Waals surface area contributed by atoms with Crippen molar-refractivity contribution in [1.82, 2.24) is 19.6 Å². The number of hydrogen-bond acceptors (Lipinski definition) is 6. The van der Waals surface area contributed by atoms with Gasteiger partial charge in [0.15, 0.2) is 0 Å². The number of rotatable bonds is 23. The largest absolute Gasteiger partial charge is 0.414 e. The maximum atomic E-state index is 12.1. The third kappa shape index (κ3) is 21.9. The molecule has 0 aliphatic rings. The normalized spacial score (nSPS) is 10.6. The maximum Gasteiger partial charge on any atom is 0.414 e. The molecule has 2 amide bonds. The maximum absolute atomic E-state index is 12.1. The van der Waals surface area contributed by atoms with E-state index in [2.05, 4.69) is 67.6 Å². The van der Waals surface area contributed by atoms with E-state index in [0.717, 1.165) is 50.4 Å². The number of unbranched alkanes of at least 4 members (excludes halogenated alkanes) is 9. The number of benzene rings is 2. The van der Waals surface area contributed by atoms with Crippen molar-refractivity contribution in [2.24, 2.45) is 0 Å². The van der Waals surface area contributed by atoms with E-state index in [9.17, 15) is 9.59 Å². The van der Waals surface area contributed by atoms with Crippen LogP contribution in [0, 0.1) is 0 Å². The fourth-order valence-corrected chi connectivity index (χ4v) is 5.36. The minimum absolute atomic E-state index is 0.341. The Bertz CT molecular complexity index is 1050. The summed E-state index contributed by atoms with van der Waals surface area (Å²) >= 11 is 5.88. The first kappa shape index (κ1) is 47.9. The molecular formula is C40H68Br2N4O4. The van der Waals surface area contributed by atoms with Gasteiger partial charge in [-0.05, 0) is 75.7 Å². The molecule has 50 heavy (non-hydrogen) atoms. The van der Waals surface area contributed by atoms with Crippen LogP contribution in [-0.4, -0.2) is 97.8 Å². The fraction of sp³-hybridized carbons (Fsp3) is 0.650. The summed E-state index contributed by atoms with van der Waals surface area (Å²) in [6.45, 7) is 10.3. The molecule has 0 aliphatic carbocycles. The lowest BCUT2D eigenvalue weighted by molar-refractivity contribution is 0.169. The molecule has 0 bridgehead atoms. The van der Waals surface area contributed by atoms with Gasteiger partial charge in [-0.15, -0.1) is 0 Å². The predicted molar refractivity (Wildman–Crippen MR) is 219 cm³/mol. The summed E-state index contributed by atoms with van der Waals surface area (Å²) in [4.78, 5) is 32.2. The first-order valence-corrected chi connectivity index (χ1v) is 21.6. The van der Waals surface area contributed by atoms with Gasteiger partial charge in [0.05, 0.1) is 0 Å². The van der Waals surface area contributed by atoms with E-state index in [1.165, 1.54) is 86.8 Å². The summed E-state index contributed by atoms with van der Waals surface area (Å²) in [6, 6.07) is 15.8. The van der Waals surface area contributed by atoms with Crippen LogP contribution >= 0.6 is 31.9 Å². The monoisotopic (exact) mass is 826 g/mol. The number of ether oxygens (including phenoxy) is 2. The van der Waals surface area contributed by atoms with E-state index in [4.69, 9.17) is 9.47 Å². The van der Waals surface area contributed by atoms with Crippen LogP contribution in [0.2, 0.25) is 0 Å². The molecule has 0 unspecified atom stereocenters. The summed E-state index contributed by atoms with van der Waals surface area (Å²) in [5.74, 6) is 4.94. The second-order valence-corrected chi connectivity index (χ2v) is 12.8. The number of halogens is 2. The van der Waals surface area contributed by atoms with Gasteiger partial charge in [0, 0.05) is 52.4 Å². The Morgan fingerprint density at radius 3 is 1.12 bits per heavy atom. The zero-order valence-electron chi connectivity index (χ0n) is 32.5. The third-order valence-corrected chi connectivity index (χ3v) is 8.21. The van der Waals surface area contributed by atoms with Crippen LogP contribution in [-0.2, 0) is 13.1 Å². The minimum atomic E-state index is -0.341. The molecule has 0 N–H and O–H groups in total. The van der Waals surface area contributed by atoms with E-state index in [1.807, 2.05) is 48.1 Å². The van der Waals surface area contributed by atoms with Gasteiger partial charge < -0.3 is 19.3 Å². The Kier molecular flexibility index (Phi) is 30.2. The second-order valence-electron chi connectivity index (χ2n) is 12.8. The lowest BCUT2D eigenvalue weighted by Gasteiger charge is -2.24. The van der Waals surface area contributed by atoms with Gasteiger partial charge in [-0.2, -0.15) is 0 Å². The van der Waals surface area contributed by atoms with Gasteiger partial charge in [-0.3, -0.25) is 9.80 Å². The van der Waals surface area contributed by atoms with Crippen LogP contribution in [0.3, 0.4) is 0 Å². The molecule has 0 atom stereocenters. The summed E-state index contributed by atoms with van der Waals surface area (Å²) in [5.41, 5.74) is 2.14. The number of alkyl halides is 2. The Morgan fingerprint density at radius 1 is 0.500 bits per heavy atom. The third-order valence-electron chi connectivity index (χ3n) is 8.21. The topological polar surface area (TPSA) is 65.6 Å². The number of carbonyl (C=O) groups excluding carboxylic acids is 2. The highest BCUT2D eigenvalue weighted by molar-refractivity contribution is 9.09. The Labute approximate surface area is 322 Å². The van der Waals surface area contributed by atoms with Crippen LogP contribution in [0.5, 0.6) is 11.5 Å². The summed E-state index contributed by atoms with van der Waals surface area (Å²) in [6.07, 6.45) is 14.1. The lowest BCUT2D eigenvalue weighted by atomic mass is 10.1. The zero-order valence-corrected chi connectivity index (χ0v) is 35.7. The number of nitrogens with zero attached hydrogens (tertiary/aromatic N) is 4. The number of amides is 2. The van der Waals surface area contributed by atoms with Crippen molar-refractivity contribution in [3.8, 4) is 11.5 Å². The molecular weight excluding hydrogens is 760 g/mol. The van der Waals surface area contributed by atoms with Gasteiger partial charge in [-0.1, -0.05) is 133 Å². The fourth-order valence-electron chi connectivity index (χ4n) is 5.36. The number of hydrogen-bond donors (Lipinski definition) is 0. The van der Waals surface area contributed by atoms with Crippen LogP contribution in [0.1, 0.15) is 102 Å². The SMILES string of the molecule is CBr.CBr.CCCCN(CCCCCCCCCCN(CCCC)Cc1ccccc1OC(=O)N(C)C)Cc1ccccc1OC(=O)N(C)C. The summed E-state index contributed by atoms with van der Waals surface area (Å²) < 4.78 is 11.3. The standard InChI is InChI=1S/C38H62N4O4.2CH3Br/c1-7-9-27-41(31-33-23-17-19-25-35(33)45-37(43)39(3)4)29-21-15-13-11-12-14-16-22-30-42(28-10-8-2)32-34-24-18-20-26-36(34)46-38(44)40(5)6;2*1-2/h17-20,23-26H,7-16,21-22,27-32H2,1-6H3;2*1H3. The van der Waals surface area contributed by atoms with Crippen molar-refractivity contribution < 1.29 is 19.1 Å². The van der Waals surface area contributed by atoms with Gasteiger partial charge in [0.2, 0.25) is 0 Å². The van der Waals surface area contributed by atoms with Crippen LogP contribution in [0.4, 0.5) is 9.59 Å². The van der Waals surface area contributed by atoms with Gasteiger partial charge in [0.25, 0.3) is 0 Å². The average molecular weight is 829 g/mol. The molecule has 0 aromatic heterocycles. The minimum Gasteiger partial charge on any atom is -0.410 e. The predicted octanol–water partition coefficient (Wildman–Crippen LogP) is 10.9. The van der Waals surface area contributed by atoms with Crippen LogP contribution < -0.4 is 9.47 Å². The molecule has 0 spiro atoms. The van der Waals surface area contributed by atoms with Crippen LogP contribution in [0.25, 0.3) is 0 Å². The molecule has 2 aromatic rings. The highest BCUT2D eigenvalue weighted by atomic mass is 79.9. The quantitative estimate of drug-likeness (QED) is 0.0821. The zero-order chi connectivity index (χ0) is 37.6. The number of carbonyl (C=O) groups is 2. The molecule has 0 heterocycles. The van der Waals surface area contributed by atoms with Crippen molar-refractivity contribution in [2.75, 3.05) is 66.0 Å². The highest BCUT2D eigenvalue weighted by Gasteiger charge is 2.15. The van der Waals surface area contributed by atoms with Gasteiger partial charge in [-0.25, -0.2) is 9.59 Å². The molecule has 0 aliphatic heterocycles. The van der Waals surface area contributed by atoms with Gasteiger partial charge >= 0.3 is 12.2 Å². The van der Waals surface area contributed by atoms with E-state index in [1.54, 1.807) is 28.2 Å². The second kappa shape index (κ2) is 31.6. The lowest BCUT2D eigenvalue weighted by Crippen LogP contribution is -2.28. The summed E-state index contributed by atoms with van der Waals surface area (Å²) in [7, 11) is 6.83. The van der Waals surface area contributed by atoms with E-state index >= 15 is 0 Å². The highest BCUT2D eigenvalue weighted by Crippen LogP contribution is 2.23. The van der Waals surface area contributed by atoms with Crippen LogP contribution in [0.15, 0.2) is 48.5 Å². The van der Waals surface area contributed by atoms with Crippen molar-refractivity contribution in [1.29, 1.82) is 0 Å². The Balaban J connectivity index is 0.00000578. The molecule has 2 aromatic carbocycles. The first-order chi connectivity index (χ1) is 24.2. The Morgan fingerprint density at radius 2 is 0.800 bits per heavy atom. The van der Waals surface area contributed by atoms with Crippen molar-refractivity contribution in [2.45, 2.75) is 104 Å². The molecule has 0 radical (unpaired) electrons. The average Bonchev–Trinajstić information content (AvgIpc) is 3.13. The smallest absolute Gasteiger partial charge is 0.410 e. The van der Waals surface area contributed by atoms with Crippen molar-refractivity contribution in [3.63, 3.8) is 0 Å². The van der Waals surface area contributed by atoms with E-state index in [0.29, 0.717) is 11.5 Å². The Hall–Kier alpha value is -2.14. The van der Waals surface area contributed by atoms with Crippen molar-refractivity contribution in [3.05, 3.63) is 59.7 Å². The number of para-hydroxylation sites is 2. The molecule has 0 saturated carbocycles. The summed E-state index contributed by atoms with van der Waals surface area (Å²) in [5, 5.41) is 0.